The van der Waals surface area contributed by atoms with E-state index in [2.05, 4.69) is 15.6 Å². The molecule has 0 fully saturated rings. The Morgan fingerprint density at radius 2 is 1.52 bits per heavy atom. The van der Waals surface area contributed by atoms with Crippen molar-refractivity contribution in [3.63, 3.8) is 0 Å². The predicted octanol–water partition coefficient (Wildman–Crippen LogP) is 3.02. The molecule has 0 aliphatic heterocycles. The summed E-state index contributed by atoms with van der Waals surface area (Å²) in [7, 11) is 1.25. The molecular weight excluding hydrogens is 358 g/mol. The van der Waals surface area contributed by atoms with Crippen LogP contribution < -0.4 is 20.3 Å². The minimum atomic E-state index is -3.02. The molecule has 0 aliphatic carbocycles. The summed E-state index contributed by atoms with van der Waals surface area (Å²) in [5, 5.41) is 0.471. The van der Waals surface area contributed by atoms with Crippen molar-refractivity contribution >= 4 is 23.4 Å². The summed E-state index contributed by atoms with van der Waals surface area (Å²) in [5.41, 5.74) is 4.81. The number of rotatable bonds is 5. The highest BCUT2D eigenvalue weighted by Gasteiger charge is 2.15. The smallest absolute Gasteiger partial charge is 0.387 e. The first-order valence-corrected chi connectivity index (χ1v) is 7.27. The quantitative estimate of drug-likeness (QED) is 0.793. The Morgan fingerprint density at radius 1 is 0.960 bits per heavy atom. The highest BCUT2D eigenvalue weighted by molar-refractivity contribution is 6.30. The first-order chi connectivity index (χ1) is 11.9. The number of amides is 2. The van der Waals surface area contributed by atoms with Gasteiger partial charge in [-0.2, -0.15) is 8.78 Å². The fourth-order valence-electron chi connectivity index (χ4n) is 1.86. The van der Waals surface area contributed by atoms with Gasteiger partial charge in [0.1, 0.15) is 0 Å². The molecule has 0 aromatic heterocycles. The molecule has 6 nitrogen and oxygen atoms in total. The van der Waals surface area contributed by atoms with Gasteiger partial charge >= 0.3 is 6.61 Å². The molecule has 0 radical (unpaired) electrons. The van der Waals surface area contributed by atoms with Gasteiger partial charge in [0, 0.05) is 16.1 Å². The number of nitrogens with one attached hydrogen (secondary N) is 2. The molecule has 0 saturated heterocycles. The first kappa shape index (κ1) is 18.5. The van der Waals surface area contributed by atoms with E-state index in [4.69, 9.17) is 16.3 Å². The van der Waals surface area contributed by atoms with E-state index in [0.29, 0.717) is 10.6 Å². The fourth-order valence-corrected chi connectivity index (χ4v) is 1.99. The summed E-state index contributed by atoms with van der Waals surface area (Å²) in [5.74, 6) is -1.46. The van der Waals surface area contributed by atoms with E-state index in [1.54, 1.807) is 0 Å². The van der Waals surface area contributed by atoms with Crippen LogP contribution in [0.15, 0.2) is 42.5 Å². The Balaban J connectivity index is 2.02. The number of ether oxygens (including phenoxy) is 2. The molecule has 0 atom stereocenters. The van der Waals surface area contributed by atoms with E-state index in [0.717, 1.165) is 0 Å². The molecule has 0 unspecified atom stereocenters. The van der Waals surface area contributed by atoms with E-state index in [1.165, 1.54) is 49.6 Å². The maximum absolute atomic E-state index is 12.3. The SMILES string of the molecule is COc1cc(C(=O)NNC(=O)c2ccc(Cl)cc2)ccc1OC(F)F. The lowest BCUT2D eigenvalue weighted by Crippen LogP contribution is -2.41. The van der Waals surface area contributed by atoms with Crippen LogP contribution in [0, 0.1) is 0 Å². The molecule has 2 amide bonds. The molecule has 2 aromatic rings. The average molecular weight is 371 g/mol. The third-order valence-electron chi connectivity index (χ3n) is 3.04. The Morgan fingerprint density at radius 3 is 2.08 bits per heavy atom. The lowest BCUT2D eigenvalue weighted by atomic mass is 10.2. The standard InChI is InChI=1S/C16H13ClF2N2O4/c1-24-13-8-10(4-7-12(13)25-16(18)19)15(23)21-20-14(22)9-2-5-11(17)6-3-9/h2-8,16H,1H3,(H,20,22)(H,21,23). The maximum Gasteiger partial charge on any atom is 0.387 e. The molecule has 0 bridgehead atoms. The van der Waals surface area contributed by atoms with E-state index in [9.17, 15) is 18.4 Å². The third kappa shape index (κ3) is 5.05. The molecule has 2 N–H and O–H groups in total. The number of hydrogen-bond donors (Lipinski definition) is 2. The van der Waals surface area contributed by atoms with Gasteiger partial charge in [0.25, 0.3) is 11.8 Å². The zero-order valence-electron chi connectivity index (χ0n) is 12.9. The monoisotopic (exact) mass is 370 g/mol. The van der Waals surface area contributed by atoms with Gasteiger partial charge in [-0.1, -0.05) is 11.6 Å². The third-order valence-corrected chi connectivity index (χ3v) is 3.29. The molecule has 2 aromatic carbocycles. The largest absolute Gasteiger partial charge is 0.493 e. The Kier molecular flexibility index (Phi) is 6.13. The Bertz CT molecular complexity index is 769. The van der Waals surface area contributed by atoms with Crippen molar-refractivity contribution in [3.8, 4) is 11.5 Å². The van der Waals surface area contributed by atoms with Crippen LogP contribution in [0.4, 0.5) is 8.78 Å². The van der Waals surface area contributed by atoms with Crippen LogP contribution in [0.1, 0.15) is 20.7 Å². The summed E-state index contributed by atoms with van der Waals surface area (Å²) >= 11 is 5.73. The van der Waals surface area contributed by atoms with Gasteiger partial charge in [-0.05, 0) is 42.5 Å². The predicted molar refractivity (Wildman–Crippen MR) is 86.0 cm³/mol. The van der Waals surface area contributed by atoms with Crippen molar-refractivity contribution in [3.05, 3.63) is 58.6 Å². The van der Waals surface area contributed by atoms with Gasteiger partial charge in [-0.25, -0.2) is 0 Å². The second kappa shape index (κ2) is 8.29. The number of carbonyl (C=O) groups excluding carboxylic acids is 2. The minimum absolute atomic E-state index is 0.0445. The lowest BCUT2D eigenvalue weighted by Gasteiger charge is -2.12. The van der Waals surface area contributed by atoms with Gasteiger partial charge in [0.15, 0.2) is 11.5 Å². The van der Waals surface area contributed by atoms with Crippen molar-refractivity contribution in [2.45, 2.75) is 6.61 Å². The molecular formula is C16H13ClF2N2O4. The summed E-state index contributed by atoms with van der Waals surface area (Å²) < 4.78 is 33.7. The molecule has 25 heavy (non-hydrogen) atoms. The van der Waals surface area contributed by atoms with E-state index < -0.39 is 18.4 Å². The van der Waals surface area contributed by atoms with E-state index in [-0.39, 0.29) is 17.1 Å². The van der Waals surface area contributed by atoms with Crippen molar-refractivity contribution < 1.29 is 27.8 Å². The number of alkyl halides is 2. The summed E-state index contributed by atoms with van der Waals surface area (Å²) in [4.78, 5) is 23.9. The zero-order chi connectivity index (χ0) is 18.4. The van der Waals surface area contributed by atoms with E-state index >= 15 is 0 Å². The lowest BCUT2D eigenvalue weighted by molar-refractivity contribution is -0.0512. The second-order valence-corrected chi connectivity index (χ2v) is 5.10. The Labute approximate surface area is 146 Å². The van der Waals surface area contributed by atoms with Gasteiger partial charge < -0.3 is 9.47 Å². The van der Waals surface area contributed by atoms with Gasteiger partial charge in [-0.15, -0.1) is 0 Å². The topological polar surface area (TPSA) is 76.7 Å². The average Bonchev–Trinajstić information content (AvgIpc) is 2.59. The van der Waals surface area contributed by atoms with Gasteiger partial charge in [0.2, 0.25) is 0 Å². The van der Waals surface area contributed by atoms with Gasteiger partial charge in [-0.3, -0.25) is 20.4 Å². The van der Waals surface area contributed by atoms with Gasteiger partial charge in [0.05, 0.1) is 7.11 Å². The molecule has 2 rings (SSSR count). The highest BCUT2D eigenvalue weighted by Crippen LogP contribution is 2.29. The van der Waals surface area contributed by atoms with Crippen molar-refractivity contribution in [1.82, 2.24) is 10.9 Å². The molecule has 0 heterocycles. The molecule has 132 valence electrons. The summed E-state index contributed by atoms with van der Waals surface area (Å²) in [6.07, 6.45) is 0. The number of halogens is 3. The van der Waals surface area contributed by atoms with Crippen molar-refractivity contribution in [2.24, 2.45) is 0 Å². The zero-order valence-corrected chi connectivity index (χ0v) is 13.6. The molecule has 0 aliphatic rings. The number of carbonyl (C=O) groups is 2. The molecule has 9 heteroatoms. The second-order valence-electron chi connectivity index (χ2n) is 4.66. The number of methoxy groups -OCH3 is 1. The van der Waals surface area contributed by atoms with Crippen LogP contribution in [-0.2, 0) is 0 Å². The van der Waals surface area contributed by atoms with Crippen molar-refractivity contribution in [2.75, 3.05) is 7.11 Å². The molecule has 0 spiro atoms. The van der Waals surface area contributed by atoms with Crippen LogP contribution in [0.25, 0.3) is 0 Å². The first-order valence-electron chi connectivity index (χ1n) is 6.90. The van der Waals surface area contributed by atoms with Crippen LogP contribution in [0.2, 0.25) is 5.02 Å². The number of hydrogen-bond acceptors (Lipinski definition) is 4. The molecule has 0 saturated carbocycles. The fraction of sp³-hybridized carbons (Fsp3) is 0.125. The number of hydrazine groups is 1. The summed E-state index contributed by atoms with van der Waals surface area (Å²) in [6.45, 7) is -3.02. The van der Waals surface area contributed by atoms with Crippen LogP contribution in [0.3, 0.4) is 0 Å². The van der Waals surface area contributed by atoms with Crippen molar-refractivity contribution in [1.29, 1.82) is 0 Å². The van der Waals surface area contributed by atoms with E-state index in [1.807, 2.05) is 0 Å². The minimum Gasteiger partial charge on any atom is -0.493 e. The normalized spacial score (nSPS) is 10.3. The van der Waals surface area contributed by atoms with Crippen LogP contribution in [-0.4, -0.2) is 25.5 Å². The maximum atomic E-state index is 12.3. The van der Waals surface area contributed by atoms with Crippen LogP contribution in [0.5, 0.6) is 11.5 Å². The Hall–Kier alpha value is -2.87. The number of benzene rings is 2. The van der Waals surface area contributed by atoms with Crippen LogP contribution >= 0.6 is 11.6 Å². The summed E-state index contributed by atoms with van der Waals surface area (Å²) in [6, 6.07) is 9.68. The highest BCUT2D eigenvalue weighted by atomic mass is 35.5.